The number of carboxylic acids is 1. The molecule has 1 amide bonds. The molecule has 0 aliphatic carbocycles. The molecule has 92 valence electrons. The maximum absolute atomic E-state index is 11.4. The van der Waals surface area contributed by atoms with Gasteiger partial charge in [-0.05, 0) is 12.0 Å². The van der Waals surface area contributed by atoms with Gasteiger partial charge < -0.3 is 16.2 Å². The van der Waals surface area contributed by atoms with Crippen LogP contribution < -0.4 is 11.1 Å². The van der Waals surface area contributed by atoms with Crippen molar-refractivity contribution in [2.45, 2.75) is 25.4 Å². The third-order valence-electron chi connectivity index (χ3n) is 2.33. The van der Waals surface area contributed by atoms with Crippen LogP contribution in [0.1, 0.15) is 18.4 Å². The van der Waals surface area contributed by atoms with Crippen LogP contribution in [0.15, 0.2) is 30.3 Å². The second-order valence-corrected chi connectivity index (χ2v) is 3.75. The lowest BCUT2D eigenvalue weighted by atomic mass is 10.1. The van der Waals surface area contributed by atoms with Crippen molar-refractivity contribution in [3.63, 3.8) is 0 Å². The van der Waals surface area contributed by atoms with Crippen molar-refractivity contribution < 1.29 is 14.7 Å². The summed E-state index contributed by atoms with van der Waals surface area (Å²) in [5.74, 6) is -1.27. The highest BCUT2D eigenvalue weighted by molar-refractivity contribution is 5.78. The van der Waals surface area contributed by atoms with Gasteiger partial charge >= 0.3 is 5.97 Å². The number of aliphatic carboxylic acids is 1. The van der Waals surface area contributed by atoms with Crippen molar-refractivity contribution in [3.05, 3.63) is 35.9 Å². The molecular weight excluding hydrogens is 220 g/mol. The van der Waals surface area contributed by atoms with Gasteiger partial charge in [0.05, 0.1) is 0 Å². The minimum absolute atomic E-state index is 0.125. The van der Waals surface area contributed by atoms with E-state index in [1.807, 2.05) is 30.3 Å². The lowest BCUT2D eigenvalue weighted by molar-refractivity contribution is -0.138. The topological polar surface area (TPSA) is 92.4 Å². The van der Waals surface area contributed by atoms with Gasteiger partial charge in [-0.25, -0.2) is 0 Å². The maximum atomic E-state index is 11.4. The quantitative estimate of drug-likeness (QED) is 0.670. The van der Waals surface area contributed by atoms with Crippen LogP contribution in [0.4, 0.5) is 0 Å². The van der Waals surface area contributed by atoms with Crippen molar-refractivity contribution in [3.8, 4) is 0 Å². The Morgan fingerprint density at radius 3 is 2.53 bits per heavy atom. The molecule has 1 atom stereocenters. The normalized spacial score (nSPS) is 11.8. The standard InChI is InChI=1S/C12H16N2O3/c13-10(12(16)17)6-7-11(15)14-8-9-4-2-1-3-5-9/h1-5,10H,6-8,13H2,(H,14,15)(H,16,17)/t10-/m0/s1. The Morgan fingerprint density at radius 2 is 1.94 bits per heavy atom. The van der Waals surface area contributed by atoms with Crippen molar-refractivity contribution in [2.24, 2.45) is 5.73 Å². The number of nitrogens with two attached hydrogens (primary N) is 1. The number of benzene rings is 1. The number of hydrogen-bond acceptors (Lipinski definition) is 3. The molecule has 17 heavy (non-hydrogen) atoms. The van der Waals surface area contributed by atoms with E-state index < -0.39 is 12.0 Å². The Labute approximate surface area is 99.6 Å². The summed E-state index contributed by atoms with van der Waals surface area (Å²) in [4.78, 5) is 21.8. The highest BCUT2D eigenvalue weighted by atomic mass is 16.4. The summed E-state index contributed by atoms with van der Waals surface area (Å²) in [6, 6.07) is 8.52. The Balaban J connectivity index is 2.24. The number of carboxylic acid groups (broad SMARTS) is 1. The summed E-state index contributed by atoms with van der Waals surface area (Å²) in [5, 5.41) is 11.3. The first-order valence-corrected chi connectivity index (χ1v) is 5.38. The predicted octanol–water partition coefficient (Wildman–Crippen LogP) is 0.495. The SMILES string of the molecule is N[C@@H](CCC(=O)NCc1ccccc1)C(=O)O. The van der Waals surface area contributed by atoms with Gasteiger partial charge in [0.15, 0.2) is 0 Å². The molecule has 1 aromatic carbocycles. The summed E-state index contributed by atoms with van der Waals surface area (Å²) in [6.07, 6.45) is 0.274. The van der Waals surface area contributed by atoms with E-state index >= 15 is 0 Å². The molecule has 0 radical (unpaired) electrons. The zero-order valence-electron chi connectivity index (χ0n) is 9.43. The number of rotatable bonds is 6. The first-order valence-electron chi connectivity index (χ1n) is 5.38. The van der Waals surface area contributed by atoms with E-state index in [0.29, 0.717) is 6.54 Å². The average molecular weight is 236 g/mol. The fourth-order valence-corrected chi connectivity index (χ4v) is 1.29. The minimum Gasteiger partial charge on any atom is -0.480 e. The van der Waals surface area contributed by atoms with Gasteiger partial charge in [0.25, 0.3) is 0 Å². The second-order valence-electron chi connectivity index (χ2n) is 3.75. The fourth-order valence-electron chi connectivity index (χ4n) is 1.29. The van der Waals surface area contributed by atoms with Crippen molar-refractivity contribution >= 4 is 11.9 Å². The first kappa shape index (κ1) is 13.2. The van der Waals surface area contributed by atoms with Gasteiger partial charge in [-0.3, -0.25) is 9.59 Å². The zero-order chi connectivity index (χ0) is 12.7. The first-order chi connectivity index (χ1) is 8.09. The van der Waals surface area contributed by atoms with E-state index in [9.17, 15) is 9.59 Å². The van der Waals surface area contributed by atoms with Crippen LogP contribution in [-0.4, -0.2) is 23.0 Å². The molecule has 0 bridgehead atoms. The largest absolute Gasteiger partial charge is 0.480 e. The van der Waals surface area contributed by atoms with Gasteiger partial charge in [-0.2, -0.15) is 0 Å². The molecule has 4 N–H and O–H groups in total. The van der Waals surface area contributed by atoms with Gasteiger partial charge in [-0.1, -0.05) is 30.3 Å². The van der Waals surface area contributed by atoms with Crippen LogP contribution in [0.5, 0.6) is 0 Å². The molecule has 0 heterocycles. The monoisotopic (exact) mass is 236 g/mol. The summed E-state index contributed by atoms with van der Waals surface area (Å²) in [5.41, 5.74) is 6.30. The summed E-state index contributed by atoms with van der Waals surface area (Å²) in [6.45, 7) is 0.446. The van der Waals surface area contributed by atoms with E-state index in [1.165, 1.54) is 0 Å². The molecule has 1 aromatic rings. The lowest BCUT2D eigenvalue weighted by Crippen LogP contribution is -2.32. The highest BCUT2D eigenvalue weighted by Gasteiger charge is 2.13. The van der Waals surface area contributed by atoms with Gasteiger partial charge in [0.1, 0.15) is 6.04 Å². The van der Waals surface area contributed by atoms with Crippen LogP contribution >= 0.6 is 0 Å². The number of carbonyl (C=O) groups excluding carboxylic acids is 1. The summed E-state index contributed by atoms with van der Waals surface area (Å²) < 4.78 is 0. The molecule has 0 spiro atoms. The van der Waals surface area contributed by atoms with E-state index in [-0.39, 0.29) is 18.7 Å². The van der Waals surface area contributed by atoms with Crippen LogP contribution in [0.25, 0.3) is 0 Å². The van der Waals surface area contributed by atoms with Crippen LogP contribution in [-0.2, 0) is 16.1 Å². The average Bonchev–Trinajstić information content (AvgIpc) is 2.34. The van der Waals surface area contributed by atoms with E-state index in [2.05, 4.69) is 5.32 Å². The molecule has 0 aromatic heterocycles. The summed E-state index contributed by atoms with van der Waals surface area (Å²) >= 11 is 0. The van der Waals surface area contributed by atoms with Crippen LogP contribution in [0.3, 0.4) is 0 Å². The lowest BCUT2D eigenvalue weighted by Gasteiger charge is -2.07. The van der Waals surface area contributed by atoms with Crippen molar-refractivity contribution in [2.75, 3.05) is 0 Å². The van der Waals surface area contributed by atoms with Gasteiger partial charge in [-0.15, -0.1) is 0 Å². The highest BCUT2D eigenvalue weighted by Crippen LogP contribution is 1.99. The molecule has 0 aliphatic heterocycles. The fraction of sp³-hybridized carbons (Fsp3) is 0.333. The smallest absolute Gasteiger partial charge is 0.320 e. The van der Waals surface area contributed by atoms with Crippen molar-refractivity contribution in [1.29, 1.82) is 0 Å². The number of hydrogen-bond donors (Lipinski definition) is 3. The Hall–Kier alpha value is -1.88. The van der Waals surface area contributed by atoms with Crippen LogP contribution in [0.2, 0.25) is 0 Å². The molecule has 0 saturated heterocycles. The van der Waals surface area contributed by atoms with E-state index in [1.54, 1.807) is 0 Å². The Bertz CT molecular complexity index is 379. The van der Waals surface area contributed by atoms with Gasteiger partial charge in [0, 0.05) is 13.0 Å². The third kappa shape index (κ3) is 5.12. The van der Waals surface area contributed by atoms with E-state index in [4.69, 9.17) is 10.8 Å². The molecule has 1 rings (SSSR count). The third-order valence-corrected chi connectivity index (χ3v) is 2.33. The molecule has 0 unspecified atom stereocenters. The van der Waals surface area contributed by atoms with Gasteiger partial charge in [0.2, 0.25) is 5.91 Å². The Kier molecular flexibility index (Phi) is 5.16. The molecule has 0 fully saturated rings. The number of amides is 1. The molecule has 0 aliphatic rings. The molecule has 0 saturated carbocycles. The number of carbonyl (C=O) groups is 2. The van der Waals surface area contributed by atoms with E-state index in [0.717, 1.165) is 5.56 Å². The Morgan fingerprint density at radius 1 is 1.29 bits per heavy atom. The number of nitrogens with one attached hydrogen (secondary N) is 1. The predicted molar refractivity (Wildman–Crippen MR) is 63.1 cm³/mol. The minimum atomic E-state index is -1.08. The molecule has 5 heteroatoms. The van der Waals surface area contributed by atoms with Crippen LogP contribution in [0, 0.1) is 0 Å². The second kappa shape index (κ2) is 6.65. The maximum Gasteiger partial charge on any atom is 0.320 e. The molecular formula is C12H16N2O3. The zero-order valence-corrected chi connectivity index (χ0v) is 9.43. The molecule has 5 nitrogen and oxygen atoms in total. The summed E-state index contributed by atoms with van der Waals surface area (Å²) in [7, 11) is 0. The van der Waals surface area contributed by atoms with Crippen molar-refractivity contribution in [1.82, 2.24) is 5.32 Å².